The molecule has 0 saturated carbocycles. The van der Waals surface area contributed by atoms with Crippen molar-refractivity contribution in [1.29, 1.82) is 0 Å². The van der Waals surface area contributed by atoms with Crippen LogP contribution in [0.5, 0.6) is 0 Å². The molecule has 1 aromatic heterocycles. The molecular weight excluding hydrogens is 172 g/mol. The minimum absolute atomic E-state index is 0.214. The van der Waals surface area contributed by atoms with Gasteiger partial charge >= 0.3 is 0 Å². The van der Waals surface area contributed by atoms with Crippen LogP contribution in [0.3, 0.4) is 0 Å². The molecule has 1 aliphatic carbocycles. The molecule has 1 heterocycles. The van der Waals surface area contributed by atoms with Gasteiger partial charge < -0.3 is 10.7 Å². The summed E-state index contributed by atoms with van der Waals surface area (Å²) in [5.74, 6) is 0. The van der Waals surface area contributed by atoms with E-state index in [2.05, 4.69) is 29.2 Å². The Morgan fingerprint density at radius 1 is 1.29 bits per heavy atom. The third kappa shape index (κ3) is 1.01. The maximum atomic E-state index is 6.08. The van der Waals surface area contributed by atoms with E-state index in [9.17, 15) is 0 Å². The Morgan fingerprint density at radius 2 is 2.14 bits per heavy atom. The van der Waals surface area contributed by atoms with Crippen molar-refractivity contribution in [3.05, 3.63) is 35.5 Å². The summed E-state index contributed by atoms with van der Waals surface area (Å²) < 4.78 is 0. The van der Waals surface area contributed by atoms with Gasteiger partial charge in [-0.15, -0.1) is 0 Å². The number of hydrogen-bond acceptors (Lipinski definition) is 1. The smallest absolute Gasteiger partial charge is 0.0459 e. The molecule has 0 radical (unpaired) electrons. The Morgan fingerprint density at radius 3 is 3.07 bits per heavy atom. The van der Waals surface area contributed by atoms with Crippen LogP contribution in [0.15, 0.2) is 24.3 Å². The van der Waals surface area contributed by atoms with Crippen molar-refractivity contribution in [1.82, 2.24) is 4.98 Å². The van der Waals surface area contributed by atoms with Gasteiger partial charge in [-0.1, -0.05) is 18.2 Å². The van der Waals surface area contributed by atoms with E-state index in [-0.39, 0.29) is 6.04 Å². The van der Waals surface area contributed by atoms with Crippen molar-refractivity contribution >= 4 is 10.9 Å². The third-order valence-electron chi connectivity index (χ3n) is 3.16. The van der Waals surface area contributed by atoms with Crippen molar-refractivity contribution < 1.29 is 0 Å². The first-order chi connectivity index (χ1) is 6.86. The quantitative estimate of drug-likeness (QED) is 0.652. The molecule has 0 amide bonds. The lowest BCUT2D eigenvalue weighted by Crippen LogP contribution is -2.16. The van der Waals surface area contributed by atoms with E-state index in [0.717, 1.165) is 6.42 Å². The zero-order valence-corrected chi connectivity index (χ0v) is 8.09. The fourth-order valence-corrected chi connectivity index (χ4v) is 2.45. The molecule has 0 fully saturated rings. The first-order valence-electron chi connectivity index (χ1n) is 5.21. The molecule has 72 valence electrons. The largest absolute Gasteiger partial charge is 0.357 e. The van der Waals surface area contributed by atoms with E-state index in [1.54, 1.807) is 0 Å². The van der Waals surface area contributed by atoms with Crippen LogP contribution in [0.25, 0.3) is 10.9 Å². The van der Waals surface area contributed by atoms with Crippen molar-refractivity contribution in [2.75, 3.05) is 0 Å². The summed E-state index contributed by atoms with van der Waals surface area (Å²) in [6, 6.07) is 8.68. The fraction of sp³-hybridized carbons (Fsp3) is 0.333. The highest BCUT2D eigenvalue weighted by molar-refractivity contribution is 5.85. The average Bonchev–Trinajstić information content (AvgIpc) is 2.59. The zero-order chi connectivity index (χ0) is 9.54. The number of nitrogens with one attached hydrogen (secondary N) is 1. The molecule has 2 nitrogen and oxygen atoms in total. The molecule has 0 spiro atoms. The van der Waals surface area contributed by atoms with Gasteiger partial charge in [-0.05, 0) is 30.9 Å². The van der Waals surface area contributed by atoms with Gasteiger partial charge in [0.1, 0.15) is 0 Å². The van der Waals surface area contributed by atoms with Crippen molar-refractivity contribution in [3.63, 3.8) is 0 Å². The Balaban J connectivity index is 2.32. The van der Waals surface area contributed by atoms with Gasteiger partial charge in [-0.25, -0.2) is 0 Å². The number of para-hydroxylation sites is 1. The summed E-state index contributed by atoms with van der Waals surface area (Å²) in [6.07, 6.45) is 3.50. The standard InChI is InChI=1S/C12H14N2/c13-10-6-3-5-9-8-4-1-2-7-11(8)14-12(9)10/h1-2,4,7,10,14H,3,5-6,13H2. The molecule has 3 rings (SSSR count). The first-order valence-corrected chi connectivity index (χ1v) is 5.21. The number of aromatic nitrogens is 1. The predicted molar refractivity (Wildman–Crippen MR) is 58.2 cm³/mol. The number of fused-ring (bicyclic) bond motifs is 3. The van der Waals surface area contributed by atoms with Gasteiger partial charge in [0.25, 0.3) is 0 Å². The van der Waals surface area contributed by atoms with Crippen LogP contribution in [-0.4, -0.2) is 4.98 Å². The minimum atomic E-state index is 0.214. The molecular formula is C12H14N2. The lowest BCUT2D eigenvalue weighted by atomic mass is 9.92. The summed E-state index contributed by atoms with van der Waals surface area (Å²) in [5, 5.41) is 1.36. The summed E-state index contributed by atoms with van der Waals surface area (Å²) in [6.45, 7) is 0. The third-order valence-corrected chi connectivity index (χ3v) is 3.16. The van der Waals surface area contributed by atoms with Crippen LogP contribution < -0.4 is 5.73 Å². The molecule has 1 unspecified atom stereocenters. The molecule has 0 aliphatic heterocycles. The summed E-state index contributed by atoms with van der Waals surface area (Å²) in [5.41, 5.74) is 10.0. The topological polar surface area (TPSA) is 41.8 Å². The molecule has 1 aliphatic rings. The number of H-pyrrole nitrogens is 1. The van der Waals surface area contributed by atoms with E-state index in [1.807, 2.05) is 0 Å². The summed E-state index contributed by atoms with van der Waals surface area (Å²) in [7, 11) is 0. The average molecular weight is 186 g/mol. The van der Waals surface area contributed by atoms with E-state index in [4.69, 9.17) is 5.73 Å². The van der Waals surface area contributed by atoms with Gasteiger partial charge in [0.2, 0.25) is 0 Å². The number of rotatable bonds is 0. The number of hydrogen-bond donors (Lipinski definition) is 2. The molecule has 1 atom stereocenters. The van der Waals surface area contributed by atoms with Crippen LogP contribution in [0, 0.1) is 0 Å². The minimum Gasteiger partial charge on any atom is -0.357 e. The number of aromatic amines is 1. The highest BCUT2D eigenvalue weighted by Crippen LogP contribution is 2.32. The zero-order valence-electron chi connectivity index (χ0n) is 8.09. The monoisotopic (exact) mass is 186 g/mol. The van der Waals surface area contributed by atoms with Gasteiger partial charge in [0.15, 0.2) is 0 Å². The predicted octanol–water partition coefficient (Wildman–Crippen LogP) is 2.50. The SMILES string of the molecule is NC1CCCc2c1[nH]c1ccccc21. The first kappa shape index (κ1) is 8.06. The van der Waals surface area contributed by atoms with Crippen LogP contribution in [0.2, 0.25) is 0 Å². The normalized spacial score (nSPS) is 21.1. The van der Waals surface area contributed by atoms with Crippen molar-refractivity contribution in [2.45, 2.75) is 25.3 Å². The van der Waals surface area contributed by atoms with E-state index in [1.165, 1.54) is 35.0 Å². The van der Waals surface area contributed by atoms with Gasteiger partial charge in [0, 0.05) is 22.6 Å². The fourth-order valence-electron chi connectivity index (χ4n) is 2.45. The second-order valence-electron chi connectivity index (χ2n) is 4.06. The Hall–Kier alpha value is -1.28. The molecule has 1 aromatic carbocycles. The van der Waals surface area contributed by atoms with Crippen LogP contribution >= 0.6 is 0 Å². The number of nitrogens with two attached hydrogens (primary N) is 1. The lowest BCUT2D eigenvalue weighted by Gasteiger charge is -2.18. The van der Waals surface area contributed by atoms with Crippen LogP contribution in [-0.2, 0) is 6.42 Å². The van der Waals surface area contributed by atoms with E-state index in [0.29, 0.717) is 0 Å². The second kappa shape index (κ2) is 2.85. The van der Waals surface area contributed by atoms with E-state index < -0.39 is 0 Å². The lowest BCUT2D eigenvalue weighted by molar-refractivity contribution is 0.562. The summed E-state index contributed by atoms with van der Waals surface area (Å²) >= 11 is 0. The molecule has 2 aromatic rings. The highest BCUT2D eigenvalue weighted by atomic mass is 14.8. The van der Waals surface area contributed by atoms with Gasteiger partial charge in [-0.3, -0.25) is 0 Å². The molecule has 0 bridgehead atoms. The Kier molecular flexibility index (Phi) is 1.64. The Labute approximate surface area is 83.1 Å². The number of benzene rings is 1. The second-order valence-corrected chi connectivity index (χ2v) is 4.06. The molecule has 3 N–H and O–H groups in total. The van der Waals surface area contributed by atoms with Gasteiger partial charge in [0.05, 0.1) is 0 Å². The maximum Gasteiger partial charge on any atom is 0.0459 e. The molecule has 0 saturated heterocycles. The van der Waals surface area contributed by atoms with E-state index >= 15 is 0 Å². The van der Waals surface area contributed by atoms with Crippen molar-refractivity contribution in [2.24, 2.45) is 5.73 Å². The van der Waals surface area contributed by atoms with Crippen LogP contribution in [0.1, 0.15) is 30.1 Å². The summed E-state index contributed by atoms with van der Waals surface area (Å²) in [4.78, 5) is 3.44. The molecule has 2 heteroatoms. The Bertz CT molecular complexity index is 470. The van der Waals surface area contributed by atoms with Crippen LogP contribution in [0.4, 0.5) is 0 Å². The highest BCUT2D eigenvalue weighted by Gasteiger charge is 2.20. The maximum absolute atomic E-state index is 6.08. The molecule has 14 heavy (non-hydrogen) atoms. The van der Waals surface area contributed by atoms with Gasteiger partial charge in [-0.2, -0.15) is 0 Å². The van der Waals surface area contributed by atoms with Crippen molar-refractivity contribution in [3.8, 4) is 0 Å². The number of aryl methyl sites for hydroxylation is 1.